The van der Waals surface area contributed by atoms with Crippen LogP contribution in [0.5, 0.6) is 0 Å². The third kappa shape index (κ3) is 9.21. The van der Waals surface area contributed by atoms with Gasteiger partial charge in [-0.3, -0.25) is 14.4 Å². The molecule has 0 saturated carbocycles. The molecule has 0 aliphatic carbocycles. The van der Waals surface area contributed by atoms with E-state index < -0.39 is 17.8 Å². The van der Waals surface area contributed by atoms with Crippen molar-refractivity contribution in [3.05, 3.63) is 36.0 Å². The highest BCUT2D eigenvalue weighted by atomic mass is 16.6. The third-order valence-corrected chi connectivity index (χ3v) is 8.57. The van der Waals surface area contributed by atoms with Gasteiger partial charge in [-0.15, -0.1) is 0 Å². The summed E-state index contributed by atoms with van der Waals surface area (Å²) in [5, 5.41) is 13.9. The fraction of sp³-hybridized carbons (Fsp3) is 0.710. The number of carbonyl (C=O) groups is 3. The van der Waals surface area contributed by atoms with E-state index in [9.17, 15) is 19.5 Å². The molecule has 11 nitrogen and oxygen atoms in total. The van der Waals surface area contributed by atoms with Crippen molar-refractivity contribution in [1.82, 2.24) is 15.1 Å². The zero-order valence-corrected chi connectivity index (χ0v) is 25.3. The van der Waals surface area contributed by atoms with Crippen molar-refractivity contribution in [3.8, 4) is 0 Å². The normalized spacial score (nSPS) is 34.2. The molecular weight excluding hydrogens is 542 g/mol. The molecule has 4 aliphatic rings. The maximum Gasteiger partial charge on any atom is 0.302 e. The molecule has 4 aliphatic heterocycles. The maximum absolute atomic E-state index is 12.9. The van der Waals surface area contributed by atoms with E-state index in [2.05, 4.69) is 30.3 Å². The highest BCUT2D eigenvalue weighted by molar-refractivity contribution is 5.87. The van der Waals surface area contributed by atoms with Crippen LogP contribution >= 0.6 is 0 Å². The van der Waals surface area contributed by atoms with E-state index >= 15 is 0 Å². The predicted octanol–water partition coefficient (Wildman–Crippen LogP) is 1.36. The SMILES string of the molecule is CC(=O)OC/C=C\C(=O)N[C@H]1CO[C@@H](C/C=C(C)/C=C/[C@H]2O[C@H](CC(=O)N3CCN(C)CC3)C[C@@]3(CO3)[C@@H]2O)[C@@H](C)C1. The first-order valence-electron chi connectivity index (χ1n) is 15.1. The largest absolute Gasteiger partial charge is 0.462 e. The van der Waals surface area contributed by atoms with E-state index in [1.54, 1.807) is 0 Å². The summed E-state index contributed by atoms with van der Waals surface area (Å²) in [6.45, 7) is 9.63. The van der Waals surface area contributed by atoms with E-state index in [4.69, 9.17) is 18.9 Å². The van der Waals surface area contributed by atoms with Crippen LogP contribution in [0.1, 0.15) is 46.5 Å². The van der Waals surface area contributed by atoms with Gasteiger partial charge in [0.15, 0.2) is 0 Å². The molecular formula is C31H47N3O8. The van der Waals surface area contributed by atoms with Gasteiger partial charge >= 0.3 is 5.97 Å². The molecule has 42 heavy (non-hydrogen) atoms. The van der Waals surface area contributed by atoms with Gasteiger partial charge in [0.25, 0.3) is 0 Å². The minimum atomic E-state index is -0.776. The van der Waals surface area contributed by atoms with Gasteiger partial charge in [-0.1, -0.05) is 30.7 Å². The number of piperazine rings is 1. The molecule has 4 fully saturated rings. The lowest BCUT2D eigenvalue weighted by molar-refractivity contribution is -0.152. The lowest BCUT2D eigenvalue weighted by atomic mass is 9.87. The molecule has 7 atom stereocenters. The molecule has 0 aromatic carbocycles. The maximum atomic E-state index is 12.9. The molecule has 11 heteroatoms. The summed E-state index contributed by atoms with van der Waals surface area (Å²) in [5.41, 5.74) is 0.407. The number of hydrogen-bond acceptors (Lipinski definition) is 9. The second-order valence-corrected chi connectivity index (χ2v) is 12.2. The Bertz CT molecular complexity index is 1050. The van der Waals surface area contributed by atoms with Crippen LogP contribution in [0.25, 0.3) is 0 Å². The number of carbonyl (C=O) groups excluding carboxylic acids is 3. The molecule has 0 radical (unpaired) electrons. The second kappa shape index (κ2) is 14.7. The number of allylic oxidation sites excluding steroid dienone is 2. The van der Waals surface area contributed by atoms with E-state index in [1.807, 2.05) is 24.0 Å². The Labute approximate surface area is 248 Å². The number of aliphatic hydroxyl groups is 1. The molecule has 0 aromatic rings. The van der Waals surface area contributed by atoms with Crippen LogP contribution in [-0.4, -0.2) is 122 Å². The Balaban J connectivity index is 1.23. The summed E-state index contributed by atoms with van der Waals surface area (Å²) in [4.78, 5) is 40.0. The number of nitrogens with one attached hydrogen (secondary N) is 1. The first kappa shape index (κ1) is 32.3. The lowest BCUT2D eigenvalue weighted by Gasteiger charge is -2.38. The first-order chi connectivity index (χ1) is 20.0. The quantitative estimate of drug-likeness (QED) is 0.168. The van der Waals surface area contributed by atoms with Crippen LogP contribution < -0.4 is 5.32 Å². The Kier molecular flexibility index (Phi) is 11.4. The summed E-state index contributed by atoms with van der Waals surface area (Å²) in [7, 11) is 2.06. The van der Waals surface area contributed by atoms with E-state index in [0.29, 0.717) is 26.1 Å². The van der Waals surface area contributed by atoms with Crippen LogP contribution in [0, 0.1) is 5.92 Å². The average molecular weight is 590 g/mol. The highest BCUT2D eigenvalue weighted by Crippen LogP contribution is 2.43. The number of hydrogen-bond donors (Lipinski definition) is 2. The minimum absolute atomic E-state index is 0.0330. The Morgan fingerprint density at radius 2 is 1.88 bits per heavy atom. The summed E-state index contributed by atoms with van der Waals surface area (Å²) in [6.07, 6.45) is 9.58. The number of nitrogens with zero attached hydrogens (tertiary/aromatic N) is 2. The Hall–Kier alpha value is -2.57. The molecule has 2 N–H and O–H groups in total. The predicted molar refractivity (Wildman–Crippen MR) is 155 cm³/mol. The van der Waals surface area contributed by atoms with Crippen LogP contribution in [-0.2, 0) is 33.3 Å². The first-order valence-corrected chi connectivity index (χ1v) is 15.1. The zero-order valence-electron chi connectivity index (χ0n) is 25.3. The summed E-state index contributed by atoms with van der Waals surface area (Å²) < 4.78 is 22.8. The van der Waals surface area contributed by atoms with Crippen LogP contribution in [0.2, 0.25) is 0 Å². The van der Waals surface area contributed by atoms with Gasteiger partial charge in [-0.25, -0.2) is 0 Å². The zero-order chi connectivity index (χ0) is 30.3. The van der Waals surface area contributed by atoms with Crippen molar-refractivity contribution >= 4 is 17.8 Å². The van der Waals surface area contributed by atoms with Gasteiger partial charge in [-0.2, -0.15) is 0 Å². The monoisotopic (exact) mass is 589 g/mol. The fourth-order valence-electron chi connectivity index (χ4n) is 5.84. The van der Waals surface area contributed by atoms with Gasteiger partial charge in [0, 0.05) is 45.6 Å². The smallest absolute Gasteiger partial charge is 0.302 e. The molecule has 234 valence electrons. The molecule has 4 heterocycles. The summed E-state index contributed by atoms with van der Waals surface area (Å²) >= 11 is 0. The van der Waals surface area contributed by atoms with Crippen molar-refractivity contribution in [2.24, 2.45) is 5.92 Å². The molecule has 0 bridgehead atoms. The standard InChI is InChI=1S/C31H47N3O8/c1-21(7-9-26-22(2)16-24(19-40-26)32-28(36)6-5-15-39-23(3)35)8-10-27-30(38)31(20-41-31)18-25(42-27)17-29(37)34-13-11-33(4)12-14-34/h5-8,10,22,24-27,30,38H,9,11-20H2,1-4H3,(H,32,36)/b6-5-,10-8+,21-7+/t22-,24+,25+,26-,27+,30+,31+/m0/s1. The summed E-state index contributed by atoms with van der Waals surface area (Å²) in [6, 6.07) is -0.0786. The van der Waals surface area contributed by atoms with Crippen LogP contribution in [0.15, 0.2) is 36.0 Å². The molecule has 0 unspecified atom stereocenters. The second-order valence-electron chi connectivity index (χ2n) is 12.2. The molecule has 0 aromatic heterocycles. The van der Waals surface area contributed by atoms with Gasteiger partial charge < -0.3 is 39.2 Å². The number of ether oxygens (including phenoxy) is 4. The molecule has 4 rings (SSSR count). The van der Waals surface area contributed by atoms with Crippen molar-refractivity contribution in [3.63, 3.8) is 0 Å². The van der Waals surface area contributed by atoms with Gasteiger partial charge in [0.2, 0.25) is 11.8 Å². The Morgan fingerprint density at radius 3 is 2.55 bits per heavy atom. The number of amides is 2. The van der Waals surface area contributed by atoms with Crippen LogP contribution in [0.3, 0.4) is 0 Å². The van der Waals surface area contributed by atoms with Crippen LogP contribution in [0.4, 0.5) is 0 Å². The van der Waals surface area contributed by atoms with Gasteiger partial charge in [-0.05, 0) is 38.8 Å². The summed E-state index contributed by atoms with van der Waals surface area (Å²) in [5.74, 6) is -0.284. The highest BCUT2D eigenvalue weighted by Gasteiger charge is 2.58. The van der Waals surface area contributed by atoms with E-state index in [0.717, 1.165) is 44.6 Å². The van der Waals surface area contributed by atoms with Crippen molar-refractivity contribution < 1.29 is 38.4 Å². The number of likely N-dealkylation sites (N-methyl/N-ethyl adjacent to an activating group) is 1. The van der Waals surface area contributed by atoms with E-state index in [-0.39, 0.29) is 48.6 Å². The Morgan fingerprint density at radius 1 is 1.14 bits per heavy atom. The molecule has 1 spiro atoms. The van der Waals surface area contributed by atoms with Crippen molar-refractivity contribution in [2.45, 2.75) is 82.5 Å². The number of aliphatic hydroxyl groups excluding tert-OH is 1. The topological polar surface area (TPSA) is 130 Å². The van der Waals surface area contributed by atoms with Crippen molar-refractivity contribution in [1.29, 1.82) is 0 Å². The molecule has 4 saturated heterocycles. The number of epoxide rings is 1. The molecule has 2 amide bonds. The number of rotatable bonds is 10. The number of esters is 1. The van der Waals surface area contributed by atoms with Gasteiger partial charge in [0.05, 0.1) is 37.9 Å². The minimum Gasteiger partial charge on any atom is -0.462 e. The third-order valence-electron chi connectivity index (χ3n) is 8.57. The lowest BCUT2D eigenvalue weighted by Crippen LogP contribution is -2.52. The van der Waals surface area contributed by atoms with Crippen molar-refractivity contribution in [2.75, 3.05) is 53.0 Å². The van der Waals surface area contributed by atoms with E-state index in [1.165, 1.54) is 19.1 Å². The van der Waals surface area contributed by atoms with Gasteiger partial charge in [0.1, 0.15) is 24.4 Å². The fourth-order valence-corrected chi connectivity index (χ4v) is 5.84. The average Bonchev–Trinajstić information content (AvgIpc) is 3.72.